The number of pyridine rings is 1. The van der Waals surface area contributed by atoms with E-state index in [1.165, 1.54) is 11.1 Å². The van der Waals surface area contributed by atoms with Crippen LogP contribution in [0.4, 0.5) is 5.69 Å². The number of methoxy groups -OCH3 is 1. The van der Waals surface area contributed by atoms with Gasteiger partial charge in [0.2, 0.25) is 0 Å². The van der Waals surface area contributed by atoms with E-state index in [9.17, 15) is 0 Å². The van der Waals surface area contributed by atoms with Crippen LogP contribution in [-0.4, -0.2) is 21.8 Å². The summed E-state index contributed by atoms with van der Waals surface area (Å²) in [7, 11) is 1.61. The van der Waals surface area contributed by atoms with E-state index in [0.717, 1.165) is 28.5 Å². The second-order valence-corrected chi connectivity index (χ2v) is 9.61. The van der Waals surface area contributed by atoms with Crippen molar-refractivity contribution in [3.05, 3.63) is 106 Å². The Bertz CT molecular complexity index is 1400. The Kier molecular flexibility index (Phi) is 6.26. The van der Waals surface area contributed by atoms with Gasteiger partial charge in [-0.3, -0.25) is 4.98 Å². The maximum atomic E-state index is 6.53. The summed E-state index contributed by atoms with van der Waals surface area (Å²) in [5.74, 6) is 0.629. The minimum atomic E-state index is -0.129. The lowest BCUT2D eigenvalue weighted by Crippen LogP contribution is -2.29. The highest BCUT2D eigenvalue weighted by Crippen LogP contribution is 2.44. The van der Waals surface area contributed by atoms with Crippen LogP contribution in [-0.2, 0) is 0 Å². The third-order valence-electron chi connectivity index (χ3n) is 6.56. The van der Waals surface area contributed by atoms with Gasteiger partial charge in [0, 0.05) is 29.0 Å². The molecular formula is C28H27ClN4OS. The number of nitrogens with one attached hydrogen (secondary N) is 1. The summed E-state index contributed by atoms with van der Waals surface area (Å²) in [6.45, 7) is 6.43. The molecule has 0 unspecified atom stereocenters. The van der Waals surface area contributed by atoms with E-state index in [-0.39, 0.29) is 12.1 Å². The monoisotopic (exact) mass is 502 g/mol. The third kappa shape index (κ3) is 4.17. The van der Waals surface area contributed by atoms with Crippen molar-refractivity contribution in [3.8, 4) is 11.4 Å². The molecular weight excluding hydrogens is 476 g/mol. The van der Waals surface area contributed by atoms with Gasteiger partial charge in [-0.15, -0.1) is 0 Å². The molecule has 5 rings (SSSR count). The molecule has 2 atom stereocenters. The fraction of sp³-hybridized carbons (Fsp3) is 0.214. The molecule has 1 aliphatic heterocycles. The molecule has 1 N–H and O–H groups in total. The summed E-state index contributed by atoms with van der Waals surface area (Å²) in [6, 6.07) is 22.3. The second-order valence-electron chi connectivity index (χ2n) is 8.82. The number of halogens is 1. The summed E-state index contributed by atoms with van der Waals surface area (Å²) >= 11 is 12.4. The van der Waals surface area contributed by atoms with Gasteiger partial charge < -0.3 is 19.5 Å². The molecule has 1 aliphatic rings. The first-order valence-electron chi connectivity index (χ1n) is 11.5. The van der Waals surface area contributed by atoms with E-state index >= 15 is 0 Å². The van der Waals surface area contributed by atoms with Crippen molar-refractivity contribution < 1.29 is 4.74 Å². The van der Waals surface area contributed by atoms with Crippen LogP contribution in [0.25, 0.3) is 5.69 Å². The van der Waals surface area contributed by atoms with Gasteiger partial charge in [-0.25, -0.2) is 0 Å². The summed E-state index contributed by atoms with van der Waals surface area (Å²) in [4.78, 5) is 6.81. The molecule has 4 aromatic rings. The predicted molar refractivity (Wildman–Crippen MR) is 146 cm³/mol. The van der Waals surface area contributed by atoms with Gasteiger partial charge in [0.25, 0.3) is 0 Å². The molecule has 0 bridgehead atoms. The normalized spacial score (nSPS) is 17.5. The Morgan fingerprint density at radius 2 is 1.80 bits per heavy atom. The van der Waals surface area contributed by atoms with Crippen molar-refractivity contribution in [2.75, 3.05) is 12.0 Å². The van der Waals surface area contributed by atoms with Gasteiger partial charge in [0.1, 0.15) is 5.75 Å². The maximum absolute atomic E-state index is 6.53. The van der Waals surface area contributed by atoms with Crippen LogP contribution in [0.1, 0.15) is 40.3 Å². The molecule has 7 heteroatoms. The van der Waals surface area contributed by atoms with Crippen LogP contribution < -0.4 is 15.0 Å². The molecule has 0 saturated carbocycles. The van der Waals surface area contributed by atoms with Gasteiger partial charge in [-0.1, -0.05) is 29.8 Å². The lowest BCUT2D eigenvalue weighted by atomic mass is 9.96. The molecule has 2 aromatic heterocycles. The number of thiocarbonyl (C=S) groups is 1. The van der Waals surface area contributed by atoms with Crippen LogP contribution in [0.2, 0.25) is 5.02 Å². The zero-order valence-electron chi connectivity index (χ0n) is 20.1. The molecule has 5 nitrogen and oxygen atoms in total. The molecule has 1 fully saturated rings. The molecule has 2 aromatic carbocycles. The molecule has 35 heavy (non-hydrogen) atoms. The molecule has 0 aliphatic carbocycles. The summed E-state index contributed by atoms with van der Waals surface area (Å²) in [6.07, 6.45) is 1.82. The standard InChI is InChI=1S/C28H27ClN4OS/c1-17-8-7-9-20(14-17)32-18(2)15-22(19(32)3)27-26(24-10-5-6-13-30-24)31-28(35)33(27)21-11-12-25(34-4)23(29)16-21/h5-16,26-27H,1-4H3,(H,31,35)/t26-,27-/m1/s1. The first kappa shape index (κ1) is 23.4. The smallest absolute Gasteiger partial charge is 0.174 e. The average molecular weight is 503 g/mol. The minimum Gasteiger partial charge on any atom is -0.495 e. The van der Waals surface area contributed by atoms with Crippen molar-refractivity contribution in [2.45, 2.75) is 32.9 Å². The van der Waals surface area contributed by atoms with Crippen LogP contribution in [0.15, 0.2) is 72.9 Å². The van der Waals surface area contributed by atoms with Crippen molar-refractivity contribution in [1.82, 2.24) is 14.9 Å². The van der Waals surface area contributed by atoms with Crippen LogP contribution in [0.3, 0.4) is 0 Å². The SMILES string of the molecule is COc1ccc(N2C(=S)N[C@H](c3ccccn3)[C@H]2c2cc(C)n(-c3cccc(C)c3)c2C)cc1Cl. The zero-order chi connectivity index (χ0) is 24.7. The number of aromatic nitrogens is 2. The predicted octanol–water partition coefficient (Wildman–Crippen LogP) is 6.64. The van der Waals surface area contributed by atoms with Gasteiger partial charge in [-0.05, 0) is 92.6 Å². The van der Waals surface area contributed by atoms with Crippen molar-refractivity contribution in [1.29, 1.82) is 0 Å². The maximum Gasteiger partial charge on any atom is 0.174 e. The van der Waals surface area contributed by atoms with Gasteiger partial charge in [0.05, 0.1) is 29.9 Å². The Hall–Kier alpha value is -3.35. The number of benzene rings is 2. The molecule has 178 valence electrons. The Morgan fingerprint density at radius 3 is 2.49 bits per heavy atom. The summed E-state index contributed by atoms with van der Waals surface area (Å²) in [5.41, 5.74) is 7.70. The van der Waals surface area contributed by atoms with Gasteiger partial charge in [-0.2, -0.15) is 0 Å². The fourth-order valence-electron chi connectivity index (χ4n) is 5.01. The topological polar surface area (TPSA) is 42.3 Å². The van der Waals surface area contributed by atoms with Crippen LogP contribution in [0.5, 0.6) is 5.75 Å². The molecule has 3 heterocycles. The van der Waals surface area contributed by atoms with Gasteiger partial charge >= 0.3 is 0 Å². The van der Waals surface area contributed by atoms with E-state index in [4.69, 9.17) is 28.6 Å². The Morgan fingerprint density at radius 1 is 0.971 bits per heavy atom. The average Bonchev–Trinajstić information content (AvgIpc) is 3.34. The molecule has 0 spiro atoms. The number of hydrogen-bond donors (Lipinski definition) is 1. The Balaban J connectivity index is 1.68. The van der Waals surface area contributed by atoms with E-state index in [1.807, 2.05) is 42.6 Å². The number of nitrogens with zero attached hydrogens (tertiary/aromatic N) is 3. The van der Waals surface area contributed by atoms with Crippen LogP contribution >= 0.6 is 23.8 Å². The quantitative estimate of drug-likeness (QED) is 0.310. The number of hydrogen-bond acceptors (Lipinski definition) is 3. The van der Waals surface area contributed by atoms with Crippen molar-refractivity contribution >= 4 is 34.6 Å². The highest BCUT2D eigenvalue weighted by Gasteiger charge is 2.42. The van der Waals surface area contributed by atoms with E-state index in [1.54, 1.807) is 7.11 Å². The molecule has 0 radical (unpaired) electrons. The molecule has 0 amide bonds. The largest absolute Gasteiger partial charge is 0.495 e. The minimum absolute atomic E-state index is 0.119. The zero-order valence-corrected chi connectivity index (χ0v) is 21.7. The Labute approximate surface area is 216 Å². The van der Waals surface area contributed by atoms with Crippen molar-refractivity contribution in [3.63, 3.8) is 0 Å². The van der Waals surface area contributed by atoms with Gasteiger partial charge in [0.15, 0.2) is 5.11 Å². The highest BCUT2D eigenvalue weighted by atomic mass is 35.5. The van der Waals surface area contributed by atoms with Crippen LogP contribution in [0, 0.1) is 20.8 Å². The van der Waals surface area contributed by atoms with Crippen molar-refractivity contribution in [2.24, 2.45) is 0 Å². The third-order valence-corrected chi connectivity index (χ3v) is 7.17. The second kappa shape index (κ2) is 9.36. The van der Waals surface area contributed by atoms with E-state index in [2.05, 4.69) is 70.9 Å². The number of anilines is 1. The number of aryl methyl sites for hydroxylation is 2. The van der Waals surface area contributed by atoms with E-state index in [0.29, 0.717) is 15.9 Å². The lowest BCUT2D eigenvalue weighted by Gasteiger charge is -2.28. The summed E-state index contributed by atoms with van der Waals surface area (Å²) in [5, 5.41) is 4.70. The number of rotatable bonds is 5. The summed E-state index contributed by atoms with van der Waals surface area (Å²) < 4.78 is 7.68. The first-order valence-corrected chi connectivity index (χ1v) is 12.3. The fourth-order valence-corrected chi connectivity index (χ4v) is 5.60. The number of ether oxygens (including phenoxy) is 1. The first-order chi connectivity index (χ1) is 16.9. The highest BCUT2D eigenvalue weighted by molar-refractivity contribution is 7.80. The lowest BCUT2D eigenvalue weighted by molar-refractivity contribution is 0.415. The molecule has 1 saturated heterocycles. The van der Waals surface area contributed by atoms with E-state index < -0.39 is 0 Å².